The molecular weight excluding hydrogens is 556 g/mol. The number of aromatic nitrogens is 3. The third-order valence-corrected chi connectivity index (χ3v) is 8.85. The number of ether oxygens (including phenoxy) is 4. The maximum atomic E-state index is 12.2. The zero-order valence-corrected chi connectivity index (χ0v) is 24.5. The van der Waals surface area contributed by atoms with Crippen LogP contribution in [0.15, 0.2) is 54.7 Å². The van der Waals surface area contributed by atoms with Gasteiger partial charge in [-0.2, -0.15) is 0 Å². The van der Waals surface area contributed by atoms with Crippen LogP contribution in [0.4, 0.5) is 0 Å². The monoisotopic (exact) mass is 588 g/mol. The third kappa shape index (κ3) is 4.99. The Morgan fingerprint density at radius 3 is 2.67 bits per heavy atom. The molecule has 0 N–H and O–H groups in total. The molecule has 2 atom stereocenters. The summed E-state index contributed by atoms with van der Waals surface area (Å²) in [6.45, 7) is 6.00. The van der Waals surface area contributed by atoms with Crippen LogP contribution in [-0.4, -0.2) is 58.3 Å². The summed E-state index contributed by atoms with van der Waals surface area (Å²) in [5, 5.41) is 0.572. The zero-order chi connectivity index (χ0) is 28.8. The minimum atomic E-state index is -0.999. The number of piperidine rings is 1. The van der Waals surface area contributed by atoms with E-state index in [0.29, 0.717) is 22.2 Å². The summed E-state index contributed by atoms with van der Waals surface area (Å²) in [7, 11) is 1.40. The van der Waals surface area contributed by atoms with E-state index in [1.165, 1.54) is 12.7 Å². The lowest BCUT2D eigenvalue weighted by Gasteiger charge is -2.33. The van der Waals surface area contributed by atoms with E-state index in [4.69, 9.17) is 35.5 Å². The Morgan fingerprint density at radius 2 is 1.95 bits per heavy atom. The Bertz CT molecular complexity index is 1630. The van der Waals surface area contributed by atoms with Crippen molar-refractivity contribution in [3.63, 3.8) is 0 Å². The molecule has 0 bridgehead atoms. The van der Waals surface area contributed by atoms with Crippen LogP contribution in [0.2, 0.25) is 5.02 Å². The van der Waals surface area contributed by atoms with Gasteiger partial charge in [-0.05, 0) is 74.7 Å². The van der Waals surface area contributed by atoms with Crippen molar-refractivity contribution in [3.05, 3.63) is 82.4 Å². The van der Waals surface area contributed by atoms with Gasteiger partial charge in [0.1, 0.15) is 11.5 Å². The summed E-state index contributed by atoms with van der Waals surface area (Å²) in [4.78, 5) is 24.1. The van der Waals surface area contributed by atoms with Gasteiger partial charge in [-0.15, -0.1) is 0 Å². The van der Waals surface area contributed by atoms with Crippen LogP contribution in [0.3, 0.4) is 0 Å². The van der Waals surface area contributed by atoms with Gasteiger partial charge in [0.2, 0.25) is 0 Å². The quantitative estimate of drug-likeness (QED) is 0.255. The number of esters is 1. The van der Waals surface area contributed by atoms with Crippen LogP contribution in [0, 0.1) is 0 Å². The topological polar surface area (TPSA) is 87.9 Å². The number of carbonyl (C=O) groups is 1. The number of imidazole rings is 1. The summed E-state index contributed by atoms with van der Waals surface area (Å²) in [6.07, 6.45) is 4.80. The number of hydrogen-bond acceptors (Lipinski definition) is 8. The first-order chi connectivity index (χ1) is 20.4. The number of methoxy groups -OCH3 is 1. The molecule has 0 spiro atoms. The van der Waals surface area contributed by atoms with E-state index in [2.05, 4.69) is 20.5 Å². The lowest BCUT2D eigenvalue weighted by molar-refractivity contribution is -0.0722. The molecule has 5 heterocycles. The number of nitrogens with zero attached hydrogens (tertiary/aromatic N) is 4. The fourth-order valence-corrected chi connectivity index (χ4v) is 6.31. The first-order valence-electron chi connectivity index (χ1n) is 14.4. The standard InChI is InChI=1S/C32H33ClN4O5/c1-32(28-9-7-22(33)17-34-28)41-27-5-3-4-24(30(27)42-32)20-10-13-36(14-11-20)19-29-35-25-8-6-21(31(38)39-2)16-26(25)37(29)18-23-12-15-40-23/h3-9,16-17,20,23H,10-15,18-19H2,1-2H3/t23-,32-/m0/s1. The fraction of sp³-hybridized carbons (Fsp3) is 0.406. The second-order valence-corrected chi connectivity index (χ2v) is 11.8. The Labute approximate surface area is 249 Å². The zero-order valence-electron chi connectivity index (χ0n) is 23.7. The first-order valence-corrected chi connectivity index (χ1v) is 14.8. The SMILES string of the molecule is COC(=O)c1ccc2nc(CN3CCC(c4cccc5c4O[C@@](C)(c4ccc(Cl)cn4)O5)CC3)n(C[C@@H]3CCO3)c2c1. The molecule has 9 nitrogen and oxygen atoms in total. The number of fused-ring (bicyclic) bond motifs is 2. The highest BCUT2D eigenvalue weighted by molar-refractivity contribution is 6.30. The molecule has 0 unspecified atom stereocenters. The van der Waals surface area contributed by atoms with Crippen LogP contribution in [0.5, 0.6) is 11.5 Å². The summed E-state index contributed by atoms with van der Waals surface area (Å²) in [5.74, 6) is 1.54. The van der Waals surface area contributed by atoms with E-state index in [-0.39, 0.29) is 12.1 Å². The van der Waals surface area contributed by atoms with E-state index in [0.717, 1.165) is 80.4 Å². The minimum absolute atomic E-state index is 0.171. The molecule has 7 rings (SSSR count). The van der Waals surface area contributed by atoms with Crippen molar-refractivity contribution >= 4 is 28.6 Å². The highest BCUT2D eigenvalue weighted by Gasteiger charge is 2.42. The molecule has 0 amide bonds. The Hall–Kier alpha value is -3.66. The largest absolute Gasteiger partial charge is 0.465 e. The summed E-state index contributed by atoms with van der Waals surface area (Å²) >= 11 is 6.05. The molecule has 0 radical (unpaired) electrons. The summed E-state index contributed by atoms with van der Waals surface area (Å²) < 4.78 is 25.7. The van der Waals surface area contributed by atoms with Crippen LogP contribution in [-0.2, 0) is 28.4 Å². The van der Waals surface area contributed by atoms with Gasteiger partial charge < -0.3 is 23.5 Å². The second kappa shape index (κ2) is 10.9. The molecule has 2 aromatic carbocycles. The molecule has 2 fully saturated rings. The lowest BCUT2D eigenvalue weighted by atomic mass is 9.88. The minimum Gasteiger partial charge on any atom is -0.465 e. The van der Waals surface area contributed by atoms with E-state index in [9.17, 15) is 4.79 Å². The number of hydrogen-bond donors (Lipinski definition) is 0. The van der Waals surface area contributed by atoms with Gasteiger partial charge in [-0.1, -0.05) is 23.7 Å². The molecule has 2 saturated heterocycles. The molecule has 3 aliphatic rings. The van der Waals surface area contributed by atoms with E-state index in [1.807, 2.05) is 37.3 Å². The normalized spacial score (nSPS) is 22.3. The maximum Gasteiger partial charge on any atom is 0.337 e. The number of likely N-dealkylation sites (tertiary alicyclic amines) is 1. The first kappa shape index (κ1) is 27.2. The molecule has 3 aliphatic heterocycles. The van der Waals surface area contributed by atoms with Crippen molar-refractivity contribution in [1.29, 1.82) is 0 Å². The lowest BCUT2D eigenvalue weighted by Crippen LogP contribution is -2.35. The molecule has 218 valence electrons. The summed E-state index contributed by atoms with van der Waals surface area (Å²) in [5.41, 5.74) is 4.19. The number of pyridine rings is 1. The molecule has 4 aromatic rings. The van der Waals surface area contributed by atoms with E-state index in [1.54, 1.807) is 18.3 Å². The van der Waals surface area contributed by atoms with Gasteiger partial charge in [0, 0.05) is 25.3 Å². The Morgan fingerprint density at radius 1 is 1.12 bits per heavy atom. The Balaban J connectivity index is 1.07. The van der Waals surface area contributed by atoms with Crippen LogP contribution < -0.4 is 9.47 Å². The Kier molecular flexibility index (Phi) is 7.04. The molecular formula is C32H33ClN4O5. The number of benzene rings is 2. The average Bonchev–Trinajstić information content (AvgIpc) is 3.51. The van der Waals surface area contributed by atoms with Crippen molar-refractivity contribution in [1.82, 2.24) is 19.4 Å². The van der Waals surface area contributed by atoms with E-state index >= 15 is 0 Å². The molecule has 0 aliphatic carbocycles. The molecule has 0 saturated carbocycles. The van der Waals surface area contributed by atoms with Crippen molar-refractivity contribution in [2.24, 2.45) is 0 Å². The van der Waals surface area contributed by atoms with Gasteiger partial charge >= 0.3 is 5.97 Å². The van der Waals surface area contributed by atoms with Crippen LogP contribution in [0.1, 0.15) is 59.5 Å². The molecule has 42 heavy (non-hydrogen) atoms. The predicted octanol–water partition coefficient (Wildman–Crippen LogP) is 5.68. The van der Waals surface area contributed by atoms with Crippen molar-refractivity contribution < 1.29 is 23.7 Å². The van der Waals surface area contributed by atoms with Crippen molar-refractivity contribution in [2.45, 2.75) is 57.1 Å². The number of rotatable bonds is 7. The average molecular weight is 589 g/mol. The maximum absolute atomic E-state index is 12.2. The number of halogens is 1. The predicted molar refractivity (Wildman–Crippen MR) is 157 cm³/mol. The van der Waals surface area contributed by atoms with Gasteiger partial charge in [-0.25, -0.2) is 9.78 Å². The van der Waals surface area contributed by atoms with Crippen LogP contribution in [0.25, 0.3) is 11.0 Å². The van der Waals surface area contributed by atoms with Crippen LogP contribution >= 0.6 is 11.6 Å². The smallest absolute Gasteiger partial charge is 0.337 e. The number of para-hydroxylation sites is 1. The third-order valence-electron chi connectivity index (χ3n) is 8.62. The fourth-order valence-electron chi connectivity index (χ4n) is 6.19. The van der Waals surface area contributed by atoms with E-state index < -0.39 is 5.79 Å². The van der Waals surface area contributed by atoms with Gasteiger partial charge in [0.25, 0.3) is 5.79 Å². The number of carbonyl (C=O) groups excluding carboxylic acids is 1. The van der Waals surface area contributed by atoms with Crippen molar-refractivity contribution in [3.8, 4) is 11.5 Å². The molecule has 10 heteroatoms. The van der Waals surface area contributed by atoms with Gasteiger partial charge in [-0.3, -0.25) is 9.88 Å². The van der Waals surface area contributed by atoms with Gasteiger partial charge in [0.15, 0.2) is 11.5 Å². The van der Waals surface area contributed by atoms with Gasteiger partial charge in [0.05, 0.1) is 47.9 Å². The highest BCUT2D eigenvalue weighted by Crippen LogP contribution is 2.49. The second-order valence-electron chi connectivity index (χ2n) is 11.4. The molecule has 2 aromatic heterocycles. The summed E-state index contributed by atoms with van der Waals surface area (Å²) in [6, 6.07) is 15.4. The van der Waals surface area contributed by atoms with Crippen molar-refractivity contribution in [2.75, 3.05) is 26.8 Å². The highest BCUT2D eigenvalue weighted by atomic mass is 35.5.